The van der Waals surface area contributed by atoms with Crippen LogP contribution in [-0.2, 0) is 4.79 Å². The molecule has 2 saturated heterocycles. The summed E-state index contributed by atoms with van der Waals surface area (Å²) >= 11 is 0. The van der Waals surface area contributed by atoms with Crippen LogP contribution in [-0.4, -0.2) is 25.0 Å². The fourth-order valence-corrected chi connectivity index (χ4v) is 3.03. The van der Waals surface area contributed by atoms with Crippen molar-refractivity contribution in [1.29, 1.82) is 0 Å². The van der Waals surface area contributed by atoms with Gasteiger partial charge in [0.15, 0.2) is 0 Å². The number of hydrogen-bond donors (Lipinski definition) is 2. The lowest BCUT2D eigenvalue weighted by Crippen LogP contribution is -2.54. The van der Waals surface area contributed by atoms with E-state index in [4.69, 9.17) is 5.73 Å². The Morgan fingerprint density at radius 3 is 2.78 bits per heavy atom. The number of carbonyl (C=O) groups excluding carboxylic acids is 1. The quantitative estimate of drug-likeness (QED) is 0.735. The Balaban J connectivity index is 1.70. The van der Waals surface area contributed by atoms with Gasteiger partial charge in [0, 0.05) is 36.9 Å². The largest absolute Gasteiger partial charge is 0.399 e. The normalized spacial score (nSPS) is 27.6. The van der Waals surface area contributed by atoms with Gasteiger partial charge in [-0.05, 0) is 43.0 Å². The number of nitrogens with zero attached hydrogens (tertiary/aromatic N) is 1. The van der Waals surface area contributed by atoms with Gasteiger partial charge in [0.1, 0.15) is 0 Å². The number of nitrogen functional groups attached to an aromatic ring is 1. The molecule has 2 aliphatic rings. The van der Waals surface area contributed by atoms with Gasteiger partial charge in [-0.25, -0.2) is 0 Å². The van der Waals surface area contributed by atoms with E-state index >= 15 is 0 Å². The summed E-state index contributed by atoms with van der Waals surface area (Å²) in [4.78, 5) is 13.8. The molecule has 1 amide bonds. The van der Waals surface area contributed by atoms with Gasteiger partial charge in [-0.3, -0.25) is 4.79 Å². The summed E-state index contributed by atoms with van der Waals surface area (Å²) in [5, 5.41) is 3.11. The zero-order chi connectivity index (χ0) is 12.5. The maximum Gasteiger partial charge on any atom is 0.220 e. The lowest BCUT2D eigenvalue weighted by molar-refractivity contribution is -0.124. The highest BCUT2D eigenvalue weighted by Crippen LogP contribution is 2.28. The fraction of sp³-hybridized carbons (Fsp3) is 0.500. The predicted octanol–water partition coefficient (Wildman–Crippen LogP) is 1.37. The van der Waals surface area contributed by atoms with E-state index in [0.29, 0.717) is 18.4 Å². The Bertz CT molecular complexity index is 443. The minimum atomic E-state index is 0.220. The molecule has 0 aromatic heterocycles. The van der Waals surface area contributed by atoms with Crippen LogP contribution < -0.4 is 16.0 Å². The van der Waals surface area contributed by atoms with E-state index in [0.717, 1.165) is 31.6 Å². The van der Waals surface area contributed by atoms with Gasteiger partial charge < -0.3 is 16.0 Å². The van der Waals surface area contributed by atoms with Crippen molar-refractivity contribution in [3.8, 4) is 0 Å². The SMILES string of the molecule is Nc1ccc(N2CCC3NC(=O)CCC3C2)cc1. The molecule has 2 fully saturated rings. The highest BCUT2D eigenvalue weighted by atomic mass is 16.1. The van der Waals surface area contributed by atoms with Crippen LogP contribution in [0.25, 0.3) is 0 Å². The van der Waals surface area contributed by atoms with Gasteiger partial charge in [0.2, 0.25) is 5.91 Å². The molecule has 0 aliphatic carbocycles. The summed E-state index contributed by atoms with van der Waals surface area (Å²) in [6.07, 6.45) is 2.74. The predicted molar refractivity (Wildman–Crippen MR) is 72.3 cm³/mol. The highest BCUT2D eigenvalue weighted by Gasteiger charge is 2.33. The van der Waals surface area contributed by atoms with Crippen molar-refractivity contribution in [2.24, 2.45) is 5.92 Å². The lowest BCUT2D eigenvalue weighted by Gasteiger charge is -2.42. The molecule has 2 unspecified atom stereocenters. The lowest BCUT2D eigenvalue weighted by atomic mass is 9.85. The average molecular weight is 245 g/mol. The third-order valence-electron chi connectivity index (χ3n) is 4.08. The first-order valence-electron chi connectivity index (χ1n) is 6.62. The van der Waals surface area contributed by atoms with Crippen LogP contribution in [0.3, 0.4) is 0 Å². The molecule has 18 heavy (non-hydrogen) atoms. The number of nitrogens with one attached hydrogen (secondary N) is 1. The Morgan fingerprint density at radius 1 is 1.22 bits per heavy atom. The van der Waals surface area contributed by atoms with Crippen molar-refractivity contribution < 1.29 is 4.79 Å². The second-order valence-electron chi connectivity index (χ2n) is 5.30. The van der Waals surface area contributed by atoms with E-state index in [1.165, 1.54) is 5.69 Å². The standard InChI is InChI=1S/C14H19N3O/c15-11-2-4-12(5-3-11)17-8-7-13-10(9-17)1-6-14(18)16-13/h2-5,10,13H,1,6-9,15H2,(H,16,18). The van der Waals surface area contributed by atoms with Crippen LogP contribution in [0.15, 0.2) is 24.3 Å². The van der Waals surface area contributed by atoms with Crippen LogP contribution in [0.2, 0.25) is 0 Å². The molecule has 0 bridgehead atoms. The topological polar surface area (TPSA) is 58.4 Å². The maximum absolute atomic E-state index is 11.4. The third-order valence-corrected chi connectivity index (χ3v) is 4.08. The number of hydrogen-bond acceptors (Lipinski definition) is 3. The van der Waals surface area contributed by atoms with E-state index in [9.17, 15) is 4.79 Å². The van der Waals surface area contributed by atoms with Gasteiger partial charge in [0.05, 0.1) is 0 Å². The highest BCUT2D eigenvalue weighted by molar-refractivity contribution is 5.77. The number of carbonyl (C=O) groups is 1. The van der Waals surface area contributed by atoms with Crippen molar-refractivity contribution in [2.75, 3.05) is 23.7 Å². The van der Waals surface area contributed by atoms with Gasteiger partial charge in [0.25, 0.3) is 0 Å². The van der Waals surface area contributed by atoms with Crippen molar-refractivity contribution >= 4 is 17.3 Å². The van der Waals surface area contributed by atoms with Gasteiger partial charge in [-0.1, -0.05) is 0 Å². The third kappa shape index (κ3) is 2.15. The van der Waals surface area contributed by atoms with Crippen molar-refractivity contribution in [3.05, 3.63) is 24.3 Å². The van der Waals surface area contributed by atoms with E-state index in [1.807, 2.05) is 12.1 Å². The zero-order valence-corrected chi connectivity index (χ0v) is 10.4. The monoisotopic (exact) mass is 245 g/mol. The smallest absolute Gasteiger partial charge is 0.220 e. The molecule has 2 heterocycles. The average Bonchev–Trinajstić information content (AvgIpc) is 2.39. The van der Waals surface area contributed by atoms with E-state index < -0.39 is 0 Å². The number of anilines is 2. The second-order valence-corrected chi connectivity index (χ2v) is 5.30. The van der Waals surface area contributed by atoms with Crippen molar-refractivity contribution in [3.63, 3.8) is 0 Å². The summed E-state index contributed by atoms with van der Waals surface area (Å²) in [5.41, 5.74) is 7.75. The molecule has 96 valence electrons. The van der Waals surface area contributed by atoms with E-state index in [-0.39, 0.29) is 5.91 Å². The number of rotatable bonds is 1. The minimum Gasteiger partial charge on any atom is -0.399 e. The van der Waals surface area contributed by atoms with Gasteiger partial charge >= 0.3 is 0 Å². The molecule has 4 heteroatoms. The maximum atomic E-state index is 11.4. The first kappa shape index (κ1) is 11.4. The Hall–Kier alpha value is -1.71. The van der Waals surface area contributed by atoms with Crippen LogP contribution in [0.4, 0.5) is 11.4 Å². The number of fused-ring (bicyclic) bond motifs is 1. The Labute approximate surface area is 107 Å². The molecule has 3 rings (SSSR count). The summed E-state index contributed by atoms with van der Waals surface area (Å²) in [7, 11) is 0. The number of benzene rings is 1. The molecule has 0 spiro atoms. The van der Waals surface area contributed by atoms with Crippen LogP contribution in [0, 0.1) is 5.92 Å². The summed E-state index contributed by atoms with van der Waals surface area (Å²) in [6.45, 7) is 2.04. The van der Waals surface area contributed by atoms with Crippen LogP contribution >= 0.6 is 0 Å². The second kappa shape index (κ2) is 4.52. The zero-order valence-electron chi connectivity index (χ0n) is 10.4. The molecular formula is C14H19N3O. The summed E-state index contributed by atoms with van der Waals surface area (Å²) in [5.74, 6) is 0.811. The fourth-order valence-electron chi connectivity index (χ4n) is 3.03. The molecular weight excluding hydrogens is 226 g/mol. The van der Waals surface area contributed by atoms with Crippen molar-refractivity contribution in [2.45, 2.75) is 25.3 Å². The Morgan fingerprint density at radius 2 is 2.00 bits per heavy atom. The molecule has 2 aliphatic heterocycles. The van der Waals surface area contributed by atoms with Gasteiger partial charge in [-0.2, -0.15) is 0 Å². The number of amides is 1. The molecule has 3 N–H and O–H groups in total. The van der Waals surface area contributed by atoms with Crippen LogP contribution in [0.5, 0.6) is 0 Å². The molecule has 1 aromatic rings. The Kier molecular flexibility index (Phi) is 2.86. The first-order valence-corrected chi connectivity index (χ1v) is 6.62. The van der Waals surface area contributed by atoms with Gasteiger partial charge in [-0.15, -0.1) is 0 Å². The van der Waals surface area contributed by atoms with Crippen LogP contribution in [0.1, 0.15) is 19.3 Å². The summed E-state index contributed by atoms with van der Waals surface area (Å²) in [6, 6.07) is 8.44. The molecule has 4 nitrogen and oxygen atoms in total. The van der Waals surface area contributed by atoms with Crippen molar-refractivity contribution in [1.82, 2.24) is 5.32 Å². The minimum absolute atomic E-state index is 0.220. The first-order chi connectivity index (χ1) is 8.72. The number of nitrogens with two attached hydrogens (primary N) is 1. The van der Waals surface area contributed by atoms with E-state index in [1.54, 1.807) is 0 Å². The molecule has 0 radical (unpaired) electrons. The molecule has 0 saturated carbocycles. The molecule has 2 atom stereocenters. The summed E-state index contributed by atoms with van der Waals surface area (Å²) < 4.78 is 0. The number of piperidine rings is 2. The van der Waals surface area contributed by atoms with E-state index in [2.05, 4.69) is 22.3 Å². The molecule has 1 aromatic carbocycles.